The molecule has 15 heteroatoms. The van der Waals surface area contributed by atoms with Crippen molar-refractivity contribution < 1.29 is 50.5 Å². The second-order valence-electron chi connectivity index (χ2n) is 9.73. The van der Waals surface area contributed by atoms with E-state index in [1.54, 1.807) is 58.0 Å². The SMILES string of the molecule is CCOC(CN(C(=O)C(Cc1c(F)c(F)c(F)c(F)c1F)NC(=O)C(CN)NC(=O)OCc1ccccc1)C(C)C)OCC. The number of amides is 3. The van der Waals surface area contributed by atoms with Crippen molar-refractivity contribution in [3.63, 3.8) is 0 Å². The molecule has 4 N–H and O–H groups in total. The number of nitrogens with two attached hydrogens (primary N) is 1. The summed E-state index contributed by atoms with van der Waals surface area (Å²) in [6.07, 6.45) is -3.11. The Morgan fingerprint density at radius 1 is 0.841 bits per heavy atom. The summed E-state index contributed by atoms with van der Waals surface area (Å²) in [5.74, 6) is -13.2. The Kier molecular flexibility index (Phi) is 14.4. The van der Waals surface area contributed by atoms with Crippen molar-refractivity contribution in [2.75, 3.05) is 26.3 Å². The molecular weight excluding hydrogens is 595 g/mol. The van der Waals surface area contributed by atoms with Gasteiger partial charge in [0.25, 0.3) is 0 Å². The third-order valence-corrected chi connectivity index (χ3v) is 6.34. The van der Waals surface area contributed by atoms with Gasteiger partial charge in [-0.3, -0.25) is 9.59 Å². The van der Waals surface area contributed by atoms with Gasteiger partial charge >= 0.3 is 6.09 Å². The van der Waals surface area contributed by atoms with Gasteiger partial charge in [0.2, 0.25) is 17.6 Å². The van der Waals surface area contributed by atoms with Gasteiger partial charge in [0, 0.05) is 37.8 Å². The Balaban J connectivity index is 2.38. The molecular formula is C29H37F5N4O6. The van der Waals surface area contributed by atoms with Crippen LogP contribution >= 0.6 is 0 Å². The van der Waals surface area contributed by atoms with Crippen LogP contribution in [0.3, 0.4) is 0 Å². The van der Waals surface area contributed by atoms with Gasteiger partial charge < -0.3 is 35.5 Å². The molecule has 2 aromatic rings. The summed E-state index contributed by atoms with van der Waals surface area (Å²) in [6, 6.07) is 4.61. The fourth-order valence-corrected chi connectivity index (χ4v) is 4.09. The summed E-state index contributed by atoms with van der Waals surface area (Å²) >= 11 is 0. The zero-order chi connectivity index (χ0) is 33.0. The molecule has 2 aromatic carbocycles. The highest BCUT2D eigenvalue weighted by Gasteiger charge is 2.35. The fraction of sp³-hybridized carbons (Fsp3) is 0.483. The number of ether oxygens (including phenoxy) is 3. The Labute approximate surface area is 252 Å². The lowest BCUT2D eigenvalue weighted by atomic mass is 10.0. The summed E-state index contributed by atoms with van der Waals surface area (Å²) in [5.41, 5.74) is 4.98. The highest BCUT2D eigenvalue weighted by Crippen LogP contribution is 2.25. The Morgan fingerprint density at radius 2 is 1.39 bits per heavy atom. The number of nitrogens with one attached hydrogen (secondary N) is 2. The van der Waals surface area contributed by atoms with Crippen molar-refractivity contribution in [2.45, 2.75) is 65.1 Å². The first-order valence-corrected chi connectivity index (χ1v) is 13.9. The number of benzene rings is 2. The lowest BCUT2D eigenvalue weighted by Crippen LogP contribution is -2.58. The molecule has 0 aliphatic heterocycles. The highest BCUT2D eigenvalue weighted by atomic mass is 19.2. The molecule has 44 heavy (non-hydrogen) atoms. The minimum Gasteiger partial charge on any atom is -0.445 e. The number of hydrogen-bond donors (Lipinski definition) is 3. The second kappa shape index (κ2) is 17.5. The van der Waals surface area contributed by atoms with E-state index in [1.165, 1.54) is 0 Å². The lowest BCUT2D eigenvalue weighted by molar-refractivity contribution is -0.163. The zero-order valence-corrected chi connectivity index (χ0v) is 24.8. The first kappa shape index (κ1) is 36.4. The van der Waals surface area contributed by atoms with Gasteiger partial charge in [0.1, 0.15) is 18.7 Å². The van der Waals surface area contributed by atoms with E-state index < -0.39 is 89.9 Å². The van der Waals surface area contributed by atoms with E-state index in [1.807, 2.05) is 0 Å². The van der Waals surface area contributed by atoms with Gasteiger partial charge in [-0.15, -0.1) is 0 Å². The molecule has 2 atom stereocenters. The molecule has 2 rings (SSSR count). The molecule has 2 unspecified atom stereocenters. The number of nitrogens with zero attached hydrogens (tertiary/aromatic N) is 1. The highest BCUT2D eigenvalue weighted by molar-refractivity contribution is 5.91. The second-order valence-corrected chi connectivity index (χ2v) is 9.73. The van der Waals surface area contributed by atoms with E-state index in [2.05, 4.69) is 10.6 Å². The minimum absolute atomic E-state index is 0.142. The molecule has 0 fully saturated rings. The normalized spacial score (nSPS) is 12.6. The van der Waals surface area contributed by atoms with Gasteiger partial charge in [-0.25, -0.2) is 26.7 Å². The van der Waals surface area contributed by atoms with Crippen LogP contribution in [-0.4, -0.2) is 73.5 Å². The van der Waals surface area contributed by atoms with Gasteiger partial charge in [0.05, 0.1) is 6.54 Å². The maximum atomic E-state index is 14.7. The predicted octanol–water partition coefficient (Wildman–Crippen LogP) is 3.30. The predicted molar refractivity (Wildman–Crippen MR) is 148 cm³/mol. The topological polar surface area (TPSA) is 132 Å². The van der Waals surface area contributed by atoms with E-state index in [0.717, 1.165) is 4.90 Å². The maximum Gasteiger partial charge on any atom is 0.408 e. The molecule has 0 radical (unpaired) electrons. The molecule has 0 saturated heterocycles. The summed E-state index contributed by atoms with van der Waals surface area (Å²) in [6.45, 7) is 6.13. The maximum absolute atomic E-state index is 14.7. The molecule has 0 aliphatic rings. The quantitative estimate of drug-likeness (QED) is 0.112. The van der Waals surface area contributed by atoms with Crippen LogP contribution in [0.15, 0.2) is 30.3 Å². The van der Waals surface area contributed by atoms with Gasteiger partial charge in [-0.05, 0) is 33.3 Å². The fourth-order valence-electron chi connectivity index (χ4n) is 4.09. The number of carbonyl (C=O) groups is 3. The van der Waals surface area contributed by atoms with Crippen molar-refractivity contribution >= 4 is 17.9 Å². The van der Waals surface area contributed by atoms with E-state index >= 15 is 0 Å². The minimum atomic E-state index is -2.38. The van der Waals surface area contributed by atoms with E-state index in [4.69, 9.17) is 19.9 Å². The van der Waals surface area contributed by atoms with Crippen LogP contribution in [0.25, 0.3) is 0 Å². The van der Waals surface area contributed by atoms with Crippen LogP contribution in [0.5, 0.6) is 0 Å². The van der Waals surface area contributed by atoms with Crippen molar-refractivity contribution in [3.8, 4) is 0 Å². The van der Waals surface area contributed by atoms with Crippen LogP contribution in [-0.2, 0) is 36.8 Å². The van der Waals surface area contributed by atoms with Gasteiger partial charge in [-0.1, -0.05) is 30.3 Å². The standard InChI is InChI=1S/C29H37F5N4O6/c1-5-42-21(43-6-2)14-38(16(3)4)28(40)19(12-18-22(30)24(32)26(34)25(33)23(18)31)36-27(39)20(13-35)37-29(41)44-15-17-10-8-7-9-11-17/h7-11,16,19-21H,5-6,12-15,35H2,1-4H3,(H,36,39)(H,37,41). The number of hydrogen-bond acceptors (Lipinski definition) is 7. The average molecular weight is 633 g/mol. The summed E-state index contributed by atoms with van der Waals surface area (Å²) in [5, 5.41) is 4.47. The number of alkyl carbamates (subject to hydrolysis) is 1. The number of rotatable bonds is 16. The monoisotopic (exact) mass is 632 g/mol. The molecule has 0 saturated carbocycles. The lowest BCUT2D eigenvalue weighted by Gasteiger charge is -2.34. The van der Waals surface area contributed by atoms with Crippen LogP contribution < -0.4 is 16.4 Å². The van der Waals surface area contributed by atoms with E-state index in [9.17, 15) is 36.3 Å². The largest absolute Gasteiger partial charge is 0.445 e. The summed E-state index contributed by atoms with van der Waals surface area (Å²) in [7, 11) is 0. The van der Waals surface area contributed by atoms with E-state index in [-0.39, 0.29) is 26.4 Å². The van der Waals surface area contributed by atoms with Crippen molar-refractivity contribution in [1.29, 1.82) is 0 Å². The zero-order valence-electron chi connectivity index (χ0n) is 24.8. The molecule has 0 aromatic heterocycles. The third kappa shape index (κ3) is 9.86. The van der Waals surface area contributed by atoms with Crippen molar-refractivity contribution in [1.82, 2.24) is 15.5 Å². The number of halogens is 5. The van der Waals surface area contributed by atoms with Crippen LogP contribution in [0.4, 0.5) is 26.7 Å². The average Bonchev–Trinajstić information content (AvgIpc) is 3.01. The molecule has 10 nitrogen and oxygen atoms in total. The third-order valence-electron chi connectivity index (χ3n) is 6.34. The van der Waals surface area contributed by atoms with Gasteiger partial charge in [-0.2, -0.15) is 0 Å². The smallest absolute Gasteiger partial charge is 0.408 e. The molecule has 0 heterocycles. The van der Waals surface area contributed by atoms with Gasteiger partial charge in [0.15, 0.2) is 29.6 Å². The Hall–Kier alpha value is -3.82. The molecule has 0 bridgehead atoms. The molecule has 3 amide bonds. The van der Waals surface area contributed by atoms with Crippen LogP contribution in [0.1, 0.15) is 38.8 Å². The number of carbonyl (C=O) groups excluding carboxylic acids is 3. The van der Waals surface area contributed by atoms with E-state index in [0.29, 0.717) is 5.56 Å². The molecule has 244 valence electrons. The molecule has 0 aliphatic carbocycles. The Bertz CT molecular complexity index is 1240. The molecule has 0 spiro atoms. The van der Waals surface area contributed by atoms with Crippen molar-refractivity contribution in [2.24, 2.45) is 5.73 Å². The Morgan fingerprint density at radius 3 is 1.89 bits per heavy atom. The van der Waals surface area contributed by atoms with Crippen LogP contribution in [0.2, 0.25) is 0 Å². The first-order chi connectivity index (χ1) is 20.9. The first-order valence-electron chi connectivity index (χ1n) is 13.9. The summed E-state index contributed by atoms with van der Waals surface area (Å²) < 4.78 is 87.1. The van der Waals surface area contributed by atoms with Crippen molar-refractivity contribution in [3.05, 3.63) is 70.5 Å². The van der Waals surface area contributed by atoms with Crippen LogP contribution in [0, 0.1) is 29.1 Å². The summed E-state index contributed by atoms with van der Waals surface area (Å²) in [4.78, 5) is 40.5.